The molecule has 1 aromatic heterocycles. The molecule has 0 saturated heterocycles. The summed E-state index contributed by atoms with van der Waals surface area (Å²) in [7, 11) is 6.92. The van der Waals surface area contributed by atoms with Crippen LogP contribution < -0.4 is 40.3 Å². The van der Waals surface area contributed by atoms with Crippen LogP contribution in [0, 0.1) is 5.92 Å². The zero-order valence-corrected chi connectivity index (χ0v) is 25.3. The van der Waals surface area contributed by atoms with Gasteiger partial charge >= 0.3 is 5.69 Å². The molecule has 0 bridgehead atoms. The predicted molar refractivity (Wildman–Crippen MR) is 157 cm³/mol. The number of rotatable bonds is 5. The van der Waals surface area contributed by atoms with Crippen LogP contribution in [-0.4, -0.2) is 60.3 Å². The standard InChI is InChI=1S/C30H28ClN3O10/c1-11-7-13-19(25(36)30(11)26(37)20-14(40-3)10-15(41-4)22(31)24(20)44-30)18(12-8-16(42-5)23(35)17(9-12)43-6)21-27(32-13)34(2)29(39)33-28(21)38/h8-11,18,32,35H,7H2,1-6H3,(H,33,38,39). The molecule has 1 spiro atoms. The first kappa shape index (κ1) is 29.2. The summed E-state index contributed by atoms with van der Waals surface area (Å²) < 4.78 is 29.1. The summed E-state index contributed by atoms with van der Waals surface area (Å²) in [5, 5.41) is 13.7. The Balaban J connectivity index is 1.63. The number of phenolic OH excluding ortho intramolecular Hbond substituents is 1. The van der Waals surface area contributed by atoms with Crippen LogP contribution in [-0.2, 0) is 11.8 Å². The number of phenols is 1. The molecule has 2 aliphatic heterocycles. The quantitative estimate of drug-likeness (QED) is 0.357. The van der Waals surface area contributed by atoms with Crippen LogP contribution in [0.3, 0.4) is 0 Å². The highest BCUT2D eigenvalue weighted by Gasteiger charge is 2.63. The van der Waals surface area contributed by atoms with Gasteiger partial charge in [0.2, 0.25) is 22.9 Å². The van der Waals surface area contributed by atoms with Crippen molar-refractivity contribution in [2.24, 2.45) is 13.0 Å². The molecule has 3 N–H and O–H groups in total. The van der Waals surface area contributed by atoms with Gasteiger partial charge in [-0.3, -0.25) is 23.9 Å². The van der Waals surface area contributed by atoms with Gasteiger partial charge in [-0.15, -0.1) is 0 Å². The van der Waals surface area contributed by atoms with E-state index in [4.69, 9.17) is 35.3 Å². The Kier molecular flexibility index (Phi) is 6.69. The Morgan fingerprint density at radius 2 is 1.57 bits per heavy atom. The summed E-state index contributed by atoms with van der Waals surface area (Å²) in [5.74, 6) is -3.11. The minimum Gasteiger partial charge on any atom is -0.502 e. The molecular weight excluding hydrogens is 598 g/mol. The molecule has 3 atom stereocenters. The molecule has 13 nitrogen and oxygen atoms in total. The third kappa shape index (κ3) is 3.71. The van der Waals surface area contributed by atoms with Gasteiger partial charge in [-0.1, -0.05) is 18.5 Å². The fraction of sp³-hybridized carbons (Fsp3) is 0.333. The number of ketones is 2. The molecule has 2 aromatic carbocycles. The Morgan fingerprint density at radius 1 is 0.955 bits per heavy atom. The van der Waals surface area contributed by atoms with Gasteiger partial charge in [-0.2, -0.15) is 0 Å². The van der Waals surface area contributed by atoms with E-state index in [9.17, 15) is 24.3 Å². The lowest BCUT2D eigenvalue weighted by molar-refractivity contribution is -0.130. The van der Waals surface area contributed by atoms with E-state index in [1.165, 1.54) is 58.3 Å². The number of carbonyl (C=O) groups excluding carboxylic acids is 2. The number of anilines is 1. The van der Waals surface area contributed by atoms with Gasteiger partial charge in [0.05, 0.1) is 34.0 Å². The number of nitrogens with one attached hydrogen (secondary N) is 2. The lowest BCUT2D eigenvalue weighted by Gasteiger charge is -2.42. The number of aromatic nitrogens is 2. The number of nitrogens with zero attached hydrogens (tertiary/aromatic N) is 1. The number of Topliss-reactive ketones (excluding diaryl/α,β-unsaturated/α-hetero) is 2. The fourth-order valence-corrected chi connectivity index (χ4v) is 6.64. The van der Waals surface area contributed by atoms with Gasteiger partial charge in [0, 0.05) is 36.2 Å². The highest BCUT2D eigenvalue weighted by atomic mass is 35.5. The summed E-state index contributed by atoms with van der Waals surface area (Å²) in [4.78, 5) is 57.7. The molecule has 230 valence electrons. The number of benzene rings is 2. The lowest BCUT2D eigenvalue weighted by atomic mass is 9.66. The van der Waals surface area contributed by atoms with Gasteiger partial charge in [0.25, 0.3) is 5.56 Å². The van der Waals surface area contributed by atoms with Gasteiger partial charge in [0.1, 0.15) is 27.9 Å². The van der Waals surface area contributed by atoms with Crippen LogP contribution in [0.15, 0.2) is 39.1 Å². The highest BCUT2D eigenvalue weighted by Crippen LogP contribution is 2.56. The smallest absolute Gasteiger partial charge is 0.329 e. The molecule has 0 fully saturated rings. The van der Waals surface area contributed by atoms with Crippen LogP contribution in [0.1, 0.15) is 40.7 Å². The number of H-pyrrole nitrogens is 1. The van der Waals surface area contributed by atoms with Crippen LogP contribution >= 0.6 is 11.6 Å². The van der Waals surface area contributed by atoms with Crippen LogP contribution in [0.4, 0.5) is 5.82 Å². The van der Waals surface area contributed by atoms with Gasteiger partial charge in [-0.25, -0.2) is 4.79 Å². The van der Waals surface area contributed by atoms with E-state index in [0.717, 1.165) is 0 Å². The molecule has 3 aliphatic rings. The van der Waals surface area contributed by atoms with Crippen molar-refractivity contribution in [3.8, 4) is 34.5 Å². The maximum absolute atomic E-state index is 14.9. The average molecular weight is 626 g/mol. The number of hydrogen-bond donors (Lipinski definition) is 3. The third-order valence-corrected chi connectivity index (χ3v) is 8.93. The van der Waals surface area contributed by atoms with E-state index in [-0.39, 0.29) is 68.5 Å². The number of carbonyl (C=O) groups is 2. The van der Waals surface area contributed by atoms with Crippen molar-refractivity contribution in [1.29, 1.82) is 0 Å². The molecule has 0 saturated carbocycles. The maximum atomic E-state index is 14.9. The van der Waals surface area contributed by atoms with Crippen molar-refractivity contribution in [3.63, 3.8) is 0 Å². The molecule has 3 aromatic rings. The van der Waals surface area contributed by atoms with Crippen LogP contribution in [0.25, 0.3) is 0 Å². The minimum atomic E-state index is -2.07. The molecule has 44 heavy (non-hydrogen) atoms. The molecule has 3 unspecified atom stereocenters. The van der Waals surface area contributed by atoms with Gasteiger partial charge < -0.3 is 34.1 Å². The monoisotopic (exact) mass is 625 g/mol. The zero-order chi connectivity index (χ0) is 31.8. The lowest BCUT2D eigenvalue weighted by Crippen LogP contribution is -2.58. The van der Waals surface area contributed by atoms with E-state index in [0.29, 0.717) is 11.3 Å². The topological polar surface area (TPSA) is 167 Å². The molecular formula is C30H28ClN3O10. The fourth-order valence-electron chi connectivity index (χ4n) is 6.38. The largest absolute Gasteiger partial charge is 0.502 e. The second-order valence-electron chi connectivity index (χ2n) is 10.7. The van der Waals surface area contributed by atoms with E-state index in [1.807, 2.05) is 0 Å². The number of aromatic amines is 1. The van der Waals surface area contributed by atoms with Crippen molar-refractivity contribution < 1.29 is 38.4 Å². The molecule has 14 heteroatoms. The van der Waals surface area contributed by atoms with Crippen molar-refractivity contribution in [3.05, 3.63) is 72.0 Å². The van der Waals surface area contributed by atoms with E-state index < -0.39 is 40.3 Å². The number of allylic oxidation sites excluding steroid dienone is 1. The number of fused-ring (bicyclic) bond motifs is 2. The SMILES string of the molecule is COc1cc(C2C3=C(CC(C)C4(Oc5c(Cl)c(OC)cc(OC)c5C4=O)C3=O)Nc3c2c(=O)[nH]c(=O)n3C)cc(OC)c1O. The van der Waals surface area contributed by atoms with E-state index >= 15 is 0 Å². The summed E-state index contributed by atoms with van der Waals surface area (Å²) in [6, 6.07) is 4.36. The first-order valence-corrected chi connectivity index (χ1v) is 13.8. The minimum absolute atomic E-state index is 0.00326. The van der Waals surface area contributed by atoms with Crippen molar-refractivity contribution in [2.75, 3.05) is 33.8 Å². The Bertz CT molecular complexity index is 1920. The summed E-state index contributed by atoms with van der Waals surface area (Å²) in [6.07, 6.45) is 0.112. The number of ether oxygens (including phenoxy) is 5. The molecule has 3 heterocycles. The first-order valence-electron chi connectivity index (χ1n) is 13.5. The van der Waals surface area contributed by atoms with E-state index in [2.05, 4.69) is 10.3 Å². The first-order chi connectivity index (χ1) is 20.9. The van der Waals surface area contributed by atoms with E-state index in [1.54, 1.807) is 6.92 Å². The third-order valence-electron chi connectivity index (χ3n) is 8.57. The molecule has 0 radical (unpaired) electrons. The average Bonchev–Trinajstić information content (AvgIpc) is 3.32. The van der Waals surface area contributed by atoms with Crippen molar-refractivity contribution >= 4 is 29.0 Å². The second kappa shape index (κ2) is 10.1. The van der Waals surface area contributed by atoms with Gasteiger partial charge in [-0.05, 0) is 24.1 Å². The normalized spacial score (nSPS) is 21.7. The van der Waals surface area contributed by atoms with Crippen LogP contribution in [0.2, 0.25) is 5.02 Å². The van der Waals surface area contributed by atoms with Crippen LogP contribution in [0.5, 0.6) is 34.5 Å². The maximum Gasteiger partial charge on any atom is 0.329 e. The number of hydrogen-bond acceptors (Lipinski definition) is 11. The predicted octanol–water partition coefficient (Wildman–Crippen LogP) is 2.90. The molecule has 6 rings (SSSR count). The summed E-state index contributed by atoms with van der Waals surface area (Å²) >= 11 is 6.59. The molecule has 1 aliphatic carbocycles. The van der Waals surface area contributed by atoms with Gasteiger partial charge in [0.15, 0.2) is 17.2 Å². The Morgan fingerprint density at radius 3 is 2.16 bits per heavy atom. The van der Waals surface area contributed by atoms with Crippen molar-refractivity contribution in [2.45, 2.75) is 24.9 Å². The second-order valence-corrected chi connectivity index (χ2v) is 11.1. The van der Waals surface area contributed by atoms with Crippen molar-refractivity contribution in [1.82, 2.24) is 9.55 Å². The molecule has 0 amide bonds. The number of methoxy groups -OCH3 is 4. The summed E-state index contributed by atoms with van der Waals surface area (Å²) in [6.45, 7) is 1.69. The zero-order valence-electron chi connectivity index (χ0n) is 24.5. The number of halogens is 1. The number of aromatic hydroxyl groups is 1. The summed E-state index contributed by atoms with van der Waals surface area (Å²) in [5.41, 5.74) is -2.71. The Labute approximate surface area is 254 Å². The highest BCUT2D eigenvalue weighted by molar-refractivity contribution is 6.36. The Hall–Kier alpha value is -4.91.